The summed E-state index contributed by atoms with van der Waals surface area (Å²) >= 11 is 0. The summed E-state index contributed by atoms with van der Waals surface area (Å²) in [6.45, 7) is 5.66. The number of hydrogen-bond acceptors (Lipinski definition) is 3. The van der Waals surface area contributed by atoms with Crippen LogP contribution in [0.3, 0.4) is 0 Å². The number of allylic oxidation sites excluding steroid dienone is 2. The third-order valence-electron chi connectivity index (χ3n) is 3.90. The molecule has 3 nitrogen and oxygen atoms in total. The van der Waals surface area contributed by atoms with Gasteiger partial charge in [-0.05, 0) is 25.7 Å². The second-order valence-corrected chi connectivity index (χ2v) is 6.25. The van der Waals surface area contributed by atoms with Crippen LogP contribution in [0, 0.1) is 0 Å². The maximum Gasteiger partial charge on any atom is 0.160 e. The molecule has 0 bridgehead atoms. The molecular formula is C21H40O3. The predicted octanol–water partition coefficient (Wildman–Crippen LogP) is 5.78. The molecule has 142 valence electrons. The molecule has 0 spiro atoms. The summed E-state index contributed by atoms with van der Waals surface area (Å²) in [6.07, 6.45) is 21.3. The van der Waals surface area contributed by atoms with Gasteiger partial charge in [0.1, 0.15) is 0 Å². The molecule has 0 fully saturated rings. The van der Waals surface area contributed by atoms with Gasteiger partial charge in [0, 0.05) is 13.0 Å². The molecule has 0 aliphatic rings. The van der Waals surface area contributed by atoms with Gasteiger partial charge in [-0.3, -0.25) is 0 Å². The highest BCUT2D eigenvalue weighted by Crippen LogP contribution is 2.05. The second-order valence-electron chi connectivity index (χ2n) is 6.25. The van der Waals surface area contributed by atoms with Crippen LogP contribution in [-0.2, 0) is 9.47 Å². The Balaban J connectivity index is 3.65. The van der Waals surface area contributed by atoms with E-state index in [-0.39, 0.29) is 12.9 Å². The monoisotopic (exact) mass is 340 g/mol. The van der Waals surface area contributed by atoms with Gasteiger partial charge in [-0.15, -0.1) is 0 Å². The van der Waals surface area contributed by atoms with Gasteiger partial charge in [0.2, 0.25) is 0 Å². The summed E-state index contributed by atoms with van der Waals surface area (Å²) in [5.74, 6) is 0. The van der Waals surface area contributed by atoms with E-state index in [0.29, 0.717) is 19.6 Å². The topological polar surface area (TPSA) is 38.7 Å². The van der Waals surface area contributed by atoms with Gasteiger partial charge in [0.05, 0.1) is 13.2 Å². The summed E-state index contributed by atoms with van der Waals surface area (Å²) in [5.41, 5.74) is 0. The van der Waals surface area contributed by atoms with Crippen molar-refractivity contribution in [1.82, 2.24) is 0 Å². The first-order valence-corrected chi connectivity index (χ1v) is 9.99. The van der Waals surface area contributed by atoms with Crippen LogP contribution < -0.4 is 0 Å². The van der Waals surface area contributed by atoms with Gasteiger partial charge in [0.15, 0.2) is 6.29 Å². The van der Waals surface area contributed by atoms with Crippen molar-refractivity contribution in [1.29, 1.82) is 0 Å². The molecule has 0 aromatic heterocycles. The Kier molecular flexibility index (Phi) is 19.9. The Morgan fingerprint density at radius 3 is 1.62 bits per heavy atom. The summed E-state index contributed by atoms with van der Waals surface area (Å²) in [6, 6.07) is 0. The Morgan fingerprint density at radius 2 is 1.21 bits per heavy atom. The fraction of sp³-hybridized carbons (Fsp3) is 0.810. The van der Waals surface area contributed by atoms with Crippen molar-refractivity contribution in [2.45, 2.75) is 90.8 Å². The van der Waals surface area contributed by atoms with E-state index in [1.165, 1.54) is 51.4 Å². The third-order valence-corrected chi connectivity index (χ3v) is 3.90. The van der Waals surface area contributed by atoms with Gasteiger partial charge in [-0.25, -0.2) is 0 Å². The first-order chi connectivity index (χ1) is 11.8. The number of aliphatic hydroxyl groups excluding tert-OH is 1. The minimum atomic E-state index is -0.315. The molecule has 0 unspecified atom stereocenters. The van der Waals surface area contributed by atoms with Gasteiger partial charge in [-0.1, -0.05) is 76.7 Å². The summed E-state index contributed by atoms with van der Waals surface area (Å²) in [4.78, 5) is 0. The molecular weight excluding hydrogens is 300 g/mol. The molecule has 24 heavy (non-hydrogen) atoms. The summed E-state index contributed by atoms with van der Waals surface area (Å²) < 4.78 is 11.3. The molecule has 0 atom stereocenters. The number of rotatable bonds is 18. The molecule has 0 saturated carbocycles. The number of unbranched alkanes of at least 4 members (excludes halogenated alkanes) is 8. The summed E-state index contributed by atoms with van der Waals surface area (Å²) in [7, 11) is 0. The van der Waals surface area contributed by atoms with E-state index in [1.54, 1.807) is 0 Å². The van der Waals surface area contributed by atoms with Gasteiger partial charge >= 0.3 is 0 Å². The molecule has 0 amide bonds. The second kappa shape index (κ2) is 20.4. The molecule has 0 aromatic carbocycles. The van der Waals surface area contributed by atoms with E-state index >= 15 is 0 Å². The van der Waals surface area contributed by atoms with E-state index in [9.17, 15) is 0 Å². The van der Waals surface area contributed by atoms with E-state index in [0.717, 1.165) is 12.8 Å². The Labute approximate surface area is 150 Å². The van der Waals surface area contributed by atoms with Crippen molar-refractivity contribution < 1.29 is 14.6 Å². The largest absolute Gasteiger partial charge is 0.396 e. The average Bonchev–Trinajstić information content (AvgIpc) is 2.59. The van der Waals surface area contributed by atoms with Crippen molar-refractivity contribution in [3.63, 3.8) is 0 Å². The smallest absolute Gasteiger partial charge is 0.160 e. The maximum atomic E-state index is 9.09. The van der Waals surface area contributed by atoms with Crippen LogP contribution in [0.2, 0.25) is 0 Å². The van der Waals surface area contributed by atoms with E-state index in [4.69, 9.17) is 14.6 Å². The highest BCUT2D eigenvalue weighted by atomic mass is 16.7. The van der Waals surface area contributed by atoms with Crippen LogP contribution in [0.5, 0.6) is 0 Å². The molecule has 0 aliphatic heterocycles. The van der Waals surface area contributed by atoms with Gasteiger partial charge in [-0.2, -0.15) is 0 Å². The van der Waals surface area contributed by atoms with Crippen molar-refractivity contribution >= 4 is 0 Å². The molecule has 0 saturated heterocycles. The maximum absolute atomic E-state index is 9.09. The lowest BCUT2D eigenvalue weighted by atomic mass is 10.1. The lowest BCUT2D eigenvalue weighted by Gasteiger charge is -2.15. The fourth-order valence-electron chi connectivity index (χ4n) is 2.40. The normalized spacial score (nSPS) is 12.2. The molecule has 0 rings (SSSR count). The lowest BCUT2D eigenvalue weighted by molar-refractivity contribution is -0.135. The van der Waals surface area contributed by atoms with Crippen molar-refractivity contribution in [2.24, 2.45) is 0 Å². The number of hydrogen-bond donors (Lipinski definition) is 1. The first-order valence-electron chi connectivity index (χ1n) is 9.99. The highest BCUT2D eigenvalue weighted by molar-refractivity contribution is 4.82. The molecule has 0 aliphatic carbocycles. The average molecular weight is 341 g/mol. The minimum Gasteiger partial charge on any atom is -0.396 e. The van der Waals surface area contributed by atoms with E-state index in [2.05, 4.69) is 38.2 Å². The predicted molar refractivity (Wildman–Crippen MR) is 103 cm³/mol. The SMILES string of the molecule is CCCCCC/C=C\COC(CCO)OC/C=C\CCCCCC. The first kappa shape index (κ1) is 23.4. The van der Waals surface area contributed by atoms with Crippen molar-refractivity contribution in [2.75, 3.05) is 19.8 Å². The van der Waals surface area contributed by atoms with Crippen LogP contribution in [0.15, 0.2) is 24.3 Å². The molecule has 0 radical (unpaired) electrons. The van der Waals surface area contributed by atoms with E-state index in [1.807, 2.05) is 0 Å². The zero-order chi connectivity index (χ0) is 17.7. The zero-order valence-corrected chi connectivity index (χ0v) is 16.0. The molecule has 3 heteroatoms. The fourth-order valence-corrected chi connectivity index (χ4v) is 2.40. The zero-order valence-electron chi connectivity index (χ0n) is 16.0. The lowest BCUT2D eigenvalue weighted by Crippen LogP contribution is -2.19. The van der Waals surface area contributed by atoms with Crippen LogP contribution in [0.25, 0.3) is 0 Å². The van der Waals surface area contributed by atoms with Crippen LogP contribution in [0.1, 0.15) is 84.5 Å². The molecule has 1 N–H and O–H groups in total. The Morgan fingerprint density at radius 1 is 0.708 bits per heavy atom. The minimum absolute atomic E-state index is 0.0894. The third kappa shape index (κ3) is 17.7. The van der Waals surface area contributed by atoms with Gasteiger partial charge < -0.3 is 14.6 Å². The quantitative estimate of drug-likeness (QED) is 0.195. The number of aliphatic hydroxyl groups is 1. The molecule has 0 aromatic rings. The highest BCUT2D eigenvalue weighted by Gasteiger charge is 2.06. The summed E-state index contributed by atoms with van der Waals surface area (Å²) in [5, 5.41) is 9.09. The standard InChI is InChI=1S/C21H40O3/c1-3-5-7-9-11-13-15-19-23-21(17-18-22)24-20-16-14-12-10-8-6-4-2/h13-16,21-22H,3-12,17-20H2,1-2H3/b15-13-,16-14-. The van der Waals surface area contributed by atoms with E-state index < -0.39 is 0 Å². The Hall–Kier alpha value is -0.640. The van der Waals surface area contributed by atoms with Crippen molar-refractivity contribution in [3.8, 4) is 0 Å². The van der Waals surface area contributed by atoms with Gasteiger partial charge in [0.25, 0.3) is 0 Å². The van der Waals surface area contributed by atoms with Crippen LogP contribution in [0.4, 0.5) is 0 Å². The van der Waals surface area contributed by atoms with Crippen LogP contribution in [-0.4, -0.2) is 31.2 Å². The Bertz CT molecular complexity index is 261. The van der Waals surface area contributed by atoms with Crippen LogP contribution >= 0.6 is 0 Å². The van der Waals surface area contributed by atoms with Crippen molar-refractivity contribution in [3.05, 3.63) is 24.3 Å². The number of ether oxygens (including phenoxy) is 2. The molecule has 0 heterocycles.